The number of benzene rings is 3. The summed E-state index contributed by atoms with van der Waals surface area (Å²) in [6.07, 6.45) is 0. The van der Waals surface area contributed by atoms with E-state index in [1.54, 1.807) is 36.4 Å². The van der Waals surface area contributed by atoms with Gasteiger partial charge in [-0.15, -0.1) is 0 Å². The minimum absolute atomic E-state index is 0.0661. The fourth-order valence-corrected chi connectivity index (χ4v) is 3.44. The number of ether oxygens (including phenoxy) is 1. The van der Waals surface area contributed by atoms with Gasteiger partial charge in [-0.25, -0.2) is 0 Å². The van der Waals surface area contributed by atoms with Crippen LogP contribution in [0.4, 0.5) is 0 Å². The van der Waals surface area contributed by atoms with E-state index in [-0.39, 0.29) is 18.6 Å². The summed E-state index contributed by atoms with van der Waals surface area (Å²) in [5.74, 6) is -0.275. The number of primary amides is 1. The molecular weight excluding hydrogens is 402 g/mol. The lowest BCUT2D eigenvalue weighted by atomic mass is 10.0. The number of rotatable bonds is 9. The maximum absolute atomic E-state index is 12.8. The van der Waals surface area contributed by atoms with Crippen LogP contribution in [0.25, 0.3) is 0 Å². The molecule has 0 aromatic heterocycles. The highest BCUT2D eigenvalue weighted by molar-refractivity contribution is 5.95. The number of amides is 2. The number of carbonyl (C=O) groups is 2. The molecule has 0 aliphatic heterocycles. The van der Waals surface area contributed by atoms with E-state index in [2.05, 4.69) is 41.4 Å². The van der Waals surface area contributed by atoms with Gasteiger partial charge in [0.15, 0.2) is 0 Å². The second kappa shape index (κ2) is 10.6. The number of nitrogens with zero attached hydrogens (tertiary/aromatic N) is 1. The number of hydrogen-bond donors (Lipinski definition) is 2. The van der Waals surface area contributed by atoms with E-state index in [1.807, 2.05) is 26.2 Å². The third-order valence-electron chi connectivity index (χ3n) is 5.28. The summed E-state index contributed by atoms with van der Waals surface area (Å²) >= 11 is 0. The Kier molecular flexibility index (Phi) is 7.63. The summed E-state index contributed by atoms with van der Waals surface area (Å²) in [6.45, 7) is 2.76. The minimum Gasteiger partial charge on any atom is -0.488 e. The highest BCUT2D eigenvalue weighted by atomic mass is 16.5. The van der Waals surface area contributed by atoms with Crippen molar-refractivity contribution in [1.82, 2.24) is 10.2 Å². The topological polar surface area (TPSA) is 84.7 Å². The van der Waals surface area contributed by atoms with Crippen LogP contribution >= 0.6 is 0 Å². The van der Waals surface area contributed by atoms with Crippen molar-refractivity contribution in [1.29, 1.82) is 0 Å². The van der Waals surface area contributed by atoms with Crippen molar-refractivity contribution in [2.24, 2.45) is 5.73 Å². The molecule has 0 spiro atoms. The molecule has 0 bridgehead atoms. The first kappa shape index (κ1) is 23.0. The van der Waals surface area contributed by atoms with Crippen molar-refractivity contribution >= 4 is 11.8 Å². The molecule has 166 valence electrons. The molecule has 3 rings (SSSR count). The lowest BCUT2D eigenvalue weighted by Gasteiger charge is -2.25. The van der Waals surface area contributed by atoms with Gasteiger partial charge < -0.3 is 20.7 Å². The van der Waals surface area contributed by atoms with Gasteiger partial charge in [-0.3, -0.25) is 9.59 Å². The molecule has 0 saturated carbocycles. The summed E-state index contributed by atoms with van der Waals surface area (Å²) in [5, 5.41) is 3.04. The third-order valence-corrected chi connectivity index (χ3v) is 5.28. The van der Waals surface area contributed by atoms with Crippen LogP contribution in [0, 0.1) is 6.92 Å². The first-order valence-electron chi connectivity index (χ1n) is 10.5. The summed E-state index contributed by atoms with van der Waals surface area (Å²) in [4.78, 5) is 26.4. The number of para-hydroxylation sites is 1. The van der Waals surface area contributed by atoms with Gasteiger partial charge >= 0.3 is 0 Å². The Hall–Kier alpha value is -3.64. The van der Waals surface area contributed by atoms with E-state index < -0.39 is 5.91 Å². The predicted molar refractivity (Wildman–Crippen MR) is 126 cm³/mol. The molecule has 0 heterocycles. The largest absolute Gasteiger partial charge is 0.488 e. The molecule has 6 nitrogen and oxygen atoms in total. The first-order valence-corrected chi connectivity index (χ1v) is 10.5. The van der Waals surface area contributed by atoms with Crippen LogP contribution in [0.2, 0.25) is 0 Å². The van der Waals surface area contributed by atoms with Crippen LogP contribution in [0.1, 0.15) is 43.4 Å². The van der Waals surface area contributed by atoms with Crippen LogP contribution < -0.4 is 15.8 Å². The van der Waals surface area contributed by atoms with Gasteiger partial charge in [-0.2, -0.15) is 0 Å². The summed E-state index contributed by atoms with van der Waals surface area (Å²) < 4.78 is 5.78. The number of aryl methyl sites for hydroxylation is 1. The van der Waals surface area contributed by atoms with E-state index in [4.69, 9.17) is 10.5 Å². The van der Waals surface area contributed by atoms with Crippen LogP contribution in [-0.4, -0.2) is 37.4 Å². The first-order chi connectivity index (χ1) is 15.3. The Labute approximate surface area is 189 Å². The Morgan fingerprint density at radius 2 is 1.72 bits per heavy atom. The maximum Gasteiger partial charge on any atom is 0.252 e. The number of nitrogens with one attached hydrogen (secondary N) is 1. The Morgan fingerprint density at radius 3 is 2.41 bits per heavy atom. The van der Waals surface area contributed by atoms with Gasteiger partial charge in [-0.05, 0) is 56.4 Å². The molecule has 3 aromatic carbocycles. The zero-order chi connectivity index (χ0) is 23.1. The molecule has 6 heteroatoms. The average Bonchev–Trinajstić information content (AvgIpc) is 2.79. The number of nitrogens with two attached hydrogens (primary N) is 1. The van der Waals surface area contributed by atoms with Crippen molar-refractivity contribution in [3.05, 3.63) is 101 Å². The van der Waals surface area contributed by atoms with Crippen molar-refractivity contribution in [3.63, 3.8) is 0 Å². The van der Waals surface area contributed by atoms with E-state index in [9.17, 15) is 9.59 Å². The van der Waals surface area contributed by atoms with E-state index in [0.717, 1.165) is 11.1 Å². The molecule has 3 N–H and O–H groups in total. The monoisotopic (exact) mass is 431 g/mol. The zero-order valence-electron chi connectivity index (χ0n) is 18.7. The van der Waals surface area contributed by atoms with Crippen LogP contribution in [-0.2, 0) is 6.61 Å². The summed E-state index contributed by atoms with van der Waals surface area (Å²) in [7, 11) is 4.00. The zero-order valence-corrected chi connectivity index (χ0v) is 18.7. The number of hydrogen-bond acceptors (Lipinski definition) is 4. The Morgan fingerprint density at radius 1 is 1.00 bits per heavy atom. The molecule has 0 radical (unpaired) electrons. The highest BCUT2D eigenvalue weighted by Crippen LogP contribution is 2.20. The molecule has 32 heavy (non-hydrogen) atoms. The second-order valence-electron chi connectivity index (χ2n) is 7.95. The number of likely N-dealkylation sites (N-methyl/N-ethyl adjacent to an activating group) is 1. The molecule has 1 unspecified atom stereocenters. The van der Waals surface area contributed by atoms with Gasteiger partial charge in [-0.1, -0.05) is 54.1 Å². The lowest BCUT2D eigenvalue weighted by Crippen LogP contribution is -2.34. The smallest absolute Gasteiger partial charge is 0.252 e. The van der Waals surface area contributed by atoms with Crippen LogP contribution in [0.5, 0.6) is 5.75 Å². The molecule has 2 amide bonds. The molecular formula is C26H29N3O3. The second-order valence-corrected chi connectivity index (χ2v) is 7.95. The molecule has 3 aromatic rings. The van der Waals surface area contributed by atoms with Gasteiger partial charge in [0.25, 0.3) is 11.8 Å². The Bertz CT molecular complexity index is 1080. The van der Waals surface area contributed by atoms with Crippen molar-refractivity contribution < 1.29 is 14.3 Å². The normalized spacial score (nSPS) is 11.8. The molecule has 0 saturated heterocycles. The van der Waals surface area contributed by atoms with Gasteiger partial charge in [0.2, 0.25) is 0 Å². The van der Waals surface area contributed by atoms with Crippen molar-refractivity contribution in [3.8, 4) is 5.75 Å². The fraction of sp³-hybridized carbons (Fsp3) is 0.231. The number of carbonyl (C=O) groups excluding carboxylic acids is 2. The fourth-order valence-electron chi connectivity index (χ4n) is 3.44. The molecule has 0 aliphatic rings. The van der Waals surface area contributed by atoms with Gasteiger partial charge in [0.1, 0.15) is 12.4 Å². The van der Waals surface area contributed by atoms with Gasteiger partial charge in [0, 0.05) is 12.1 Å². The minimum atomic E-state index is -0.544. The summed E-state index contributed by atoms with van der Waals surface area (Å²) in [6, 6.07) is 22.5. The van der Waals surface area contributed by atoms with Crippen molar-refractivity contribution in [2.45, 2.75) is 19.6 Å². The highest BCUT2D eigenvalue weighted by Gasteiger charge is 2.16. The molecule has 0 aliphatic carbocycles. The van der Waals surface area contributed by atoms with Crippen molar-refractivity contribution in [2.75, 3.05) is 20.6 Å². The SMILES string of the molecule is Cc1ccc(C(CNC(=O)c2cccc(COc3ccccc3C(N)=O)c2)N(C)C)cc1. The van der Waals surface area contributed by atoms with E-state index in [0.29, 0.717) is 23.4 Å². The van der Waals surface area contributed by atoms with Crippen LogP contribution in [0.3, 0.4) is 0 Å². The van der Waals surface area contributed by atoms with Gasteiger partial charge in [0.05, 0.1) is 11.6 Å². The lowest BCUT2D eigenvalue weighted by molar-refractivity contribution is 0.0940. The maximum atomic E-state index is 12.8. The summed E-state index contributed by atoms with van der Waals surface area (Å²) in [5.41, 5.74) is 9.45. The van der Waals surface area contributed by atoms with Crippen LogP contribution in [0.15, 0.2) is 72.8 Å². The Balaban J connectivity index is 1.64. The average molecular weight is 432 g/mol. The van der Waals surface area contributed by atoms with E-state index in [1.165, 1.54) is 5.56 Å². The third kappa shape index (κ3) is 5.95. The molecule has 0 fully saturated rings. The quantitative estimate of drug-likeness (QED) is 0.541. The standard InChI is InChI=1S/C26H29N3O3/c1-18-11-13-20(14-12-18)23(29(2)3)16-28-26(31)21-8-6-7-19(15-21)17-32-24-10-5-4-9-22(24)25(27)30/h4-15,23H,16-17H2,1-3H3,(H2,27,30)(H,28,31). The van der Waals surface area contributed by atoms with E-state index >= 15 is 0 Å². The predicted octanol–water partition coefficient (Wildman–Crippen LogP) is 3.71. The molecule has 1 atom stereocenters.